The van der Waals surface area contributed by atoms with Crippen LogP contribution in [0.5, 0.6) is 0 Å². The molecule has 0 aliphatic rings. The number of aromatic nitrogens is 2. The molecule has 0 unspecified atom stereocenters. The van der Waals surface area contributed by atoms with E-state index in [0.717, 1.165) is 17.0 Å². The number of hydrogen-bond acceptors (Lipinski definition) is 3. The lowest BCUT2D eigenvalue weighted by Gasteiger charge is -2.02. The highest BCUT2D eigenvalue weighted by molar-refractivity contribution is 5.71. The predicted octanol–water partition coefficient (Wildman–Crippen LogP) is -0.158. The van der Waals surface area contributed by atoms with Crippen molar-refractivity contribution in [3.8, 4) is 0 Å². The molecule has 1 heterocycles. The molecule has 0 atom stereocenters. The number of hydroxylamine groups is 1. The molecule has 0 spiro atoms. The van der Waals surface area contributed by atoms with Gasteiger partial charge in [0.1, 0.15) is 6.61 Å². The number of nitrogens with one attached hydrogen (secondary N) is 2. The number of nitrogens with zero attached hydrogens (tertiary/aromatic N) is 2. The van der Waals surface area contributed by atoms with Crippen molar-refractivity contribution in [1.29, 1.82) is 0 Å². The molecule has 0 aliphatic heterocycles. The zero-order valence-electron chi connectivity index (χ0n) is 11.6. The number of benzene rings is 1. The van der Waals surface area contributed by atoms with Crippen LogP contribution in [0.1, 0.15) is 17.0 Å². The minimum Gasteiger partial charge on any atom is -0.320 e. The molecule has 0 fully saturated rings. The van der Waals surface area contributed by atoms with E-state index < -0.39 is 0 Å². The van der Waals surface area contributed by atoms with Gasteiger partial charge in [0.25, 0.3) is 0 Å². The summed E-state index contributed by atoms with van der Waals surface area (Å²) in [5.41, 5.74) is 11.2. The second-order valence-electron chi connectivity index (χ2n) is 4.39. The maximum Gasteiger partial charge on any atom is 0.354 e. The molecule has 1 aromatic heterocycles. The predicted molar refractivity (Wildman–Crippen MR) is 75.7 cm³/mol. The van der Waals surface area contributed by atoms with E-state index in [9.17, 15) is 0 Å². The second kappa shape index (κ2) is 6.63. The summed E-state index contributed by atoms with van der Waals surface area (Å²) in [5.74, 6) is 0.682. The van der Waals surface area contributed by atoms with Crippen molar-refractivity contribution in [3.63, 3.8) is 0 Å². The van der Waals surface area contributed by atoms with E-state index in [2.05, 4.69) is 20.4 Å². The molecule has 6 heteroatoms. The topological polar surface area (TPSA) is 87.0 Å². The van der Waals surface area contributed by atoms with Crippen LogP contribution < -0.4 is 16.2 Å². The first-order valence-corrected chi connectivity index (χ1v) is 6.27. The highest BCUT2D eigenvalue weighted by atomic mass is 16.6. The number of aryl methyl sites for hydroxylation is 2. The van der Waals surface area contributed by atoms with Gasteiger partial charge in [-0.2, -0.15) is 5.48 Å². The Labute approximate surface area is 117 Å². The first kappa shape index (κ1) is 14.0. The number of nitrogens with two attached hydrogens (primary N) is 1. The van der Waals surface area contributed by atoms with Gasteiger partial charge in [0.15, 0.2) is 0 Å². The average molecular weight is 272 g/mol. The fourth-order valence-electron chi connectivity index (χ4n) is 1.70. The third-order valence-electron chi connectivity index (χ3n) is 2.49. The van der Waals surface area contributed by atoms with Gasteiger partial charge in [-0.05, 0) is 19.4 Å². The average Bonchev–Trinajstić information content (AvgIpc) is 2.38. The van der Waals surface area contributed by atoms with E-state index in [1.807, 2.05) is 50.2 Å². The fraction of sp³-hybridized carbons (Fsp3) is 0.214. The molecule has 6 nitrogen and oxygen atoms in total. The van der Waals surface area contributed by atoms with Crippen LogP contribution in [-0.4, -0.2) is 15.9 Å². The molecule has 1 aromatic carbocycles. The molecule has 2 rings (SSSR count). The van der Waals surface area contributed by atoms with E-state index in [0.29, 0.717) is 12.6 Å². The van der Waals surface area contributed by atoms with Crippen molar-refractivity contribution in [3.05, 3.63) is 53.3 Å². The van der Waals surface area contributed by atoms with Gasteiger partial charge in [-0.25, -0.2) is 9.83 Å². The zero-order valence-corrected chi connectivity index (χ0v) is 11.6. The van der Waals surface area contributed by atoms with E-state index in [4.69, 9.17) is 10.6 Å². The zero-order chi connectivity index (χ0) is 14.4. The maximum atomic E-state index is 5.76. The lowest BCUT2D eigenvalue weighted by Crippen LogP contribution is -2.74. The number of hydrogen-bond donors (Lipinski definition) is 3. The summed E-state index contributed by atoms with van der Waals surface area (Å²) in [7, 11) is 0. The summed E-state index contributed by atoms with van der Waals surface area (Å²) < 4.78 is 0. The van der Waals surface area contributed by atoms with Gasteiger partial charge in [0, 0.05) is 6.07 Å². The first-order valence-electron chi connectivity index (χ1n) is 6.27. The van der Waals surface area contributed by atoms with Crippen LogP contribution in [0.4, 0.5) is 5.95 Å². The molecule has 0 aliphatic carbocycles. The summed E-state index contributed by atoms with van der Waals surface area (Å²) in [5, 5.41) is 0. The third-order valence-corrected chi connectivity index (χ3v) is 2.49. The Hall–Kier alpha value is -2.47. The van der Waals surface area contributed by atoms with Crippen LogP contribution in [0.3, 0.4) is 0 Å². The van der Waals surface area contributed by atoms with Crippen molar-refractivity contribution in [1.82, 2.24) is 15.4 Å². The van der Waals surface area contributed by atoms with Crippen LogP contribution in [0.2, 0.25) is 0 Å². The van der Waals surface area contributed by atoms with Crippen molar-refractivity contribution in [2.75, 3.05) is 0 Å². The highest BCUT2D eigenvalue weighted by Gasteiger charge is 2.05. The van der Waals surface area contributed by atoms with Crippen molar-refractivity contribution in [2.45, 2.75) is 20.5 Å². The van der Waals surface area contributed by atoms with Crippen LogP contribution in [0, 0.1) is 13.8 Å². The lowest BCUT2D eigenvalue weighted by molar-refractivity contribution is -0.372. The van der Waals surface area contributed by atoms with Gasteiger partial charge in [-0.1, -0.05) is 30.3 Å². The Morgan fingerprint density at radius 3 is 2.50 bits per heavy atom. The summed E-state index contributed by atoms with van der Waals surface area (Å²) in [6.07, 6.45) is 0. The van der Waals surface area contributed by atoms with Gasteiger partial charge >= 0.3 is 11.9 Å². The third kappa shape index (κ3) is 4.33. The lowest BCUT2D eigenvalue weighted by atomic mass is 10.2. The van der Waals surface area contributed by atoms with E-state index in [-0.39, 0.29) is 5.96 Å². The van der Waals surface area contributed by atoms with Crippen molar-refractivity contribution < 1.29 is 9.83 Å². The molecule has 0 saturated carbocycles. The molecule has 0 amide bonds. The monoisotopic (exact) mass is 272 g/mol. The molecule has 2 aromatic rings. The minimum atomic E-state index is 0.242. The normalized spacial score (nSPS) is 11.4. The summed E-state index contributed by atoms with van der Waals surface area (Å²) >= 11 is 0. The Bertz CT molecular complexity index is 578. The van der Waals surface area contributed by atoms with E-state index >= 15 is 0 Å². The Kier molecular flexibility index (Phi) is 4.62. The van der Waals surface area contributed by atoms with E-state index in [1.54, 1.807) is 0 Å². The molecular weight excluding hydrogens is 254 g/mol. The summed E-state index contributed by atoms with van der Waals surface area (Å²) in [6, 6.07) is 11.7. The van der Waals surface area contributed by atoms with Gasteiger partial charge in [-0.3, -0.25) is 0 Å². The quantitative estimate of drug-likeness (QED) is 0.409. The Balaban J connectivity index is 1.91. The summed E-state index contributed by atoms with van der Waals surface area (Å²) in [4.78, 5) is 16.6. The fourth-order valence-corrected chi connectivity index (χ4v) is 1.70. The number of rotatable bonds is 4. The van der Waals surface area contributed by atoms with Crippen LogP contribution in [0.15, 0.2) is 36.4 Å². The highest BCUT2D eigenvalue weighted by Crippen LogP contribution is 1.99. The van der Waals surface area contributed by atoms with Crippen molar-refractivity contribution in [2.24, 2.45) is 5.73 Å². The Morgan fingerprint density at radius 1 is 1.20 bits per heavy atom. The van der Waals surface area contributed by atoms with Crippen LogP contribution >= 0.6 is 0 Å². The first-order chi connectivity index (χ1) is 9.63. The molecule has 0 saturated heterocycles. The summed E-state index contributed by atoms with van der Waals surface area (Å²) in [6.45, 7) is 4.21. The van der Waals surface area contributed by atoms with Crippen LogP contribution in [0.25, 0.3) is 0 Å². The molecular formula is C14H18N5O+. The standard InChI is InChI=1S/C14H17N5O/c1-10-8-11(2)17-14(16-10)18-13(15)19-20-9-12-6-4-3-5-7-12/h3-8H,9H2,1-2H3,(H3,15,16,17,18,19)/p+1. The number of guanidine groups is 1. The van der Waals surface area contributed by atoms with Gasteiger partial charge in [-0.15, -0.1) is 9.97 Å². The van der Waals surface area contributed by atoms with Crippen molar-refractivity contribution >= 4 is 11.9 Å². The molecule has 104 valence electrons. The molecule has 4 N–H and O–H groups in total. The van der Waals surface area contributed by atoms with Crippen LogP contribution in [-0.2, 0) is 11.4 Å². The van der Waals surface area contributed by atoms with Gasteiger partial charge in [0.2, 0.25) is 0 Å². The van der Waals surface area contributed by atoms with Gasteiger partial charge in [0.05, 0.1) is 11.4 Å². The molecule has 0 bridgehead atoms. The second-order valence-corrected chi connectivity index (χ2v) is 4.39. The van der Waals surface area contributed by atoms with E-state index in [1.165, 1.54) is 0 Å². The largest absolute Gasteiger partial charge is 0.354 e. The Morgan fingerprint density at radius 2 is 1.85 bits per heavy atom. The minimum absolute atomic E-state index is 0.242. The maximum absolute atomic E-state index is 5.76. The SMILES string of the molecule is Cc1cc(C)nc([NH+]=C(N)NOCc2ccccc2)n1. The van der Waals surface area contributed by atoms with Gasteiger partial charge < -0.3 is 5.73 Å². The molecule has 20 heavy (non-hydrogen) atoms. The smallest absolute Gasteiger partial charge is 0.320 e. The molecule has 0 radical (unpaired) electrons.